The molecular weight excluding hydrogens is 302 g/mol. The molecule has 1 aromatic carbocycles. The molecule has 0 fully saturated rings. The van der Waals surface area contributed by atoms with Crippen molar-refractivity contribution >= 4 is 23.9 Å². The van der Waals surface area contributed by atoms with Crippen molar-refractivity contribution in [3.05, 3.63) is 28.5 Å². The van der Waals surface area contributed by atoms with E-state index in [0.717, 1.165) is 0 Å². The number of hydrogen-bond acceptors (Lipinski definition) is 6. The van der Waals surface area contributed by atoms with Crippen LogP contribution in [0, 0.1) is 0 Å². The van der Waals surface area contributed by atoms with Crippen molar-refractivity contribution in [1.82, 2.24) is 5.16 Å². The largest absolute Gasteiger partial charge is 0.485 e. The maximum absolute atomic E-state index is 11.1. The quantitative estimate of drug-likeness (QED) is 0.868. The van der Waals surface area contributed by atoms with E-state index in [1.807, 2.05) is 0 Å². The average Bonchev–Trinajstić information content (AvgIpc) is 2.96. The van der Waals surface area contributed by atoms with Gasteiger partial charge in [0.1, 0.15) is 18.9 Å². The molecule has 0 atom stereocenters. The molecule has 0 aliphatic carbocycles. The van der Waals surface area contributed by atoms with Gasteiger partial charge >= 0.3 is 5.97 Å². The SMILES string of the molecule is O=Cc1cc(Cl)c(-c2cc(C(=O)O)on2)c2c1OCCO2. The minimum absolute atomic E-state index is 0.187. The van der Waals surface area contributed by atoms with Gasteiger partial charge in [-0.05, 0) is 6.07 Å². The van der Waals surface area contributed by atoms with Crippen LogP contribution in [0.15, 0.2) is 16.7 Å². The normalized spacial score (nSPS) is 13.0. The molecule has 1 aliphatic rings. The number of carbonyl (C=O) groups excluding carboxylic acids is 1. The van der Waals surface area contributed by atoms with Crippen LogP contribution in [0.25, 0.3) is 11.3 Å². The van der Waals surface area contributed by atoms with E-state index in [-0.39, 0.29) is 40.1 Å². The summed E-state index contributed by atoms with van der Waals surface area (Å²) >= 11 is 6.14. The molecule has 1 aliphatic heterocycles. The fraction of sp³-hybridized carbons (Fsp3) is 0.154. The number of aromatic carboxylic acids is 1. The van der Waals surface area contributed by atoms with Crippen molar-refractivity contribution in [3.8, 4) is 22.8 Å². The molecule has 21 heavy (non-hydrogen) atoms. The van der Waals surface area contributed by atoms with Gasteiger partial charge in [-0.3, -0.25) is 4.79 Å². The highest BCUT2D eigenvalue weighted by Crippen LogP contribution is 2.46. The van der Waals surface area contributed by atoms with Gasteiger partial charge in [0.05, 0.1) is 16.1 Å². The third-order valence-electron chi connectivity index (χ3n) is 2.90. The second kappa shape index (κ2) is 5.10. The topological polar surface area (TPSA) is 98.9 Å². The Morgan fingerprint density at radius 2 is 2.00 bits per heavy atom. The lowest BCUT2D eigenvalue weighted by atomic mass is 10.1. The van der Waals surface area contributed by atoms with Crippen LogP contribution in [0.4, 0.5) is 0 Å². The Balaban J connectivity index is 2.21. The minimum atomic E-state index is -1.25. The number of benzene rings is 1. The summed E-state index contributed by atoms with van der Waals surface area (Å²) in [6.45, 7) is 0.580. The summed E-state index contributed by atoms with van der Waals surface area (Å²) in [5.41, 5.74) is 0.769. The van der Waals surface area contributed by atoms with Crippen LogP contribution in [0.2, 0.25) is 5.02 Å². The molecule has 7 nitrogen and oxygen atoms in total. The molecule has 0 unspecified atom stereocenters. The number of hydrogen-bond donors (Lipinski definition) is 1. The van der Waals surface area contributed by atoms with Gasteiger partial charge in [-0.1, -0.05) is 16.8 Å². The van der Waals surface area contributed by atoms with E-state index < -0.39 is 5.97 Å². The number of aldehydes is 1. The Labute approximate surface area is 123 Å². The van der Waals surface area contributed by atoms with Gasteiger partial charge in [-0.2, -0.15) is 0 Å². The van der Waals surface area contributed by atoms with Crippen molar-refractivity contribution in [2.24, 2.45) is 0 Å². The fourth-order valence-electron chi connectivity index (χ4n) is 2.02. The molecule has 0 radical (unpaired) electrons. The second-order valence-electron chi connectivity index (χ2n) is 4.18. The highest BCUT2D eigenvalue weighted by atomic mass is 35.5. The van der Waals surface area contributed by atoms with Gasteiger partial charge in [0.2, 0.25) is 5.76 Å². The molecule has 3 rings (SSSR count). The van der Waals surface area contributed by atoms with Gasteiger partial charge in [-0.15, -0.1) is 0 Å². The van der Waals surface area contributed by atoms with Crippen LogP contribution in [-0.4, -0.2) is 35.7 Å². The van der Waals surface area contributed by atoms with Crippen molar-refractivity contribution in [3.63, 3.8) is 0 Å². The number of rotatable bonds is 3. The third kappa shape index (κ3) is 2.21. The Kier molecular flexibility index (Phi) is 3.26. The molecule has 1 N–H and O–H groups in total. The van der Waals surface area contributed by atoms with E-state index in [9.17, 15) is 9.59 Å². The van der Waals surface area contributed by atoms with Crippen LogP contribution in [0.3, 0.4) is 0 Å². The highest BCUT2D eigenvalue weighted by Gasteiger charge is 2.26. The molecule has 0 saturated heterocycles. The smallest absolute Gasteiger partial charge is 0.374 e. The van der Waals surface area contributed by atoms with E-state index in [0.29, 0.717) is 18.5 Å². The maximum atomic E-state index is 11.1. The summed E-state index contributed by atoms with van der Waals surface area (Å²) in [6, 6.07) is 2.63. The van der Waals surface area contributed by atoms with Crippen LogP contribution >= 0.6 is 11.6 Å². The van der Waals surface area contributed by atoms with Crippen molar-refractivity contribution < 1.29 is 28.7 Å². The molecular formula is C13H8ClNO6. The lowest BCUT2D eigenvalue weighted by molar-refractivity contribution is 0.0652. The average molecular weight is 310 g/mol. The van der Waals surface area contributed by atoms with Crippen molar-refractivity contribution in [2.45, 2.75) is 0 Å². The number of carboxylic acid groups (broad SMARTS) is 1. The number of nitrogens with zero attached hydrogens (tertiary/aromatic N) is 1. The zero-order chi connectivity index (χ0) is 15.0. The molecule has 8 heteroatoms. The number of ether oxygens (including phenoxy) is 2. The van der Waals surface area contributed by atoms with Crippen LogP contribution in [-0.2, 0) is 0 Å². The Hall–Kier alpha value is -2.54. The summed E-state index contributed by atoms with van der Waals surface area (Å²) in [7, 11) is 0. The summed E-state index contributed by atoms with van der Waals surface area (Å²) in [4.78, 5) is 21.9. The molecule has 0 bridgehead atoms. The number of aromatic nitrogens is 1. The van der Waals surface area contributed by atoms with Gasteiger partial charge in [0.15, 0.2) is 17.8 Å². The zero-order valence-corrected chi connectivity index (χ0v) is 11.2. The predicted molar refractivity (Wildman–Crippen MR) is 70.3 cm³/mol. The Morgan fingerprint density at radius 1 is 1.29 bits per heavy atom. The third-order valence-corrected chi connectivity index (χ3v) is 3.19. The van der Waals surface area contributed by atoms with Gasteiger partial charge in [-0.25, -0.2) is 4.79 Å². The van der Waals surface area contributed by atoms with Crippen molar-refractivity contribution in [1.29, 1.82) is 0 Å². The van der Waals surface area contributed by atoms with E-state index in [1.54, 1.807) is 0 Å². The standard InChI is InChI=1S/C13H8ClNO6/c14-7-3-6(5-16)11-12(20-2-1-19-11)10(7)8-4-9(13(17)18)21-15-8/h3-5H,1-2H2,(H,17,18). The van der Waals surface area contributed by atoms with E-state index in [2.05, 4.69) is 5.16 Å². The number of fused-ring (bicyclic) bond motifs is 1. The van der Waals surface area contributed by atoms with E-state index in [1.165, 1.54) is 12.1 Å². The Bertz CT molecular complexity index is 739. The first-order valence-electron chi connectivity index (χ1n) is 5.89. The first kappa shape index (κ1) is 13.4. The van der Waals surface area contributed by atoms with Crippen LogP contribution in [0.5, 0.6) is 11.5 Å². The van der Waals surface area contributed by atoms with Gasteiger partial charge < -0.3 is 19.1 Å². The molecule has 0 amide bonds. The fourth-order valence-corrected chi connectivity index (χ4v) is 2.32. The first-order chi connectivity index (χ1) is 10.1. The molecule has 2 aromatic rings. The lowest BCUT2D eigenvalue weighted by Gasteiger charge is -2.22. The van der Waals surface area contributed by atoms with Gasteiger partial charge in [0, 0.05) is 6.07 Å². The van der Waals surface area contributed by atoms with E-state index in [4.69, 9.17) is 30.7 Å². The molecule has 2 heterocycles. The van der Waals surface area contributed by atoms with Crippen molar-refractivity contribution in [2.75, 3.05) is 13.2 Å². The van der Waals surface area contributed by atoms with E-state index >= 15 is 0 Å². The minimum Gasteiger partial charge on any atom is -0.485 e. The molecule has 1 aromatic heterocycles. The lowest BCUT2D eigenvalue weighted by Crippen LogP contribution is -2.17. The molecule has 108 valence electrons. The predicted octanol–water partition coefficient (Wildman–Crippen LogP) is 2.28. The summed E-state index contributed by atoms with van der Waals surface area (Å²) in [6.07, 6.45) is 0.606. The maximum Gasteiger partial charge on any atom is 0.374 e. The summed E-state index contributed by atoms with van der Waals surface area (Å²) < 4.78 is 15.6. The molecule has 0 spiro atoms. The Morgan fingerprint density at radius 3 is 2.62 bits per heavy atom. The van der Waals surface area contributed by atoms with Crippen LogP contribution < -0.4 is 9.47 Å². The number of carbonyl (C=O) groups is 2. The molecule has 0 saturated carbocycles. The monoisotopic (exact) mass is 309 g/mol. The first-order valence-corrected chi connectivity index (χ1v) is 6.27. The number of carboxylic acids is 1. The second-order valence-corrected chi connectivity index (χ2v) is 4.58. The summed E-state index contributed by atoms with van der Waals surface area (Å²) in [5.74, 6) is -1.07. The van der Waals surface area contributed by atoms with Gasteiger partial charge in [0.25, 0.3) is 0 Å². The van der Waals surface area contributed by atoms with Crippen LogP contribution in [0.1, 0.15) is 20.9 Å². The zero-order valence-electron chi connectivity index (χ0n) is 10.5. The highest BCUT2D eigenvalue weighted by molar-refractivity contribution is 6.34. The number of halogens is 1. The summed E-state index contributed by atoms with van der Waals surface area (Å²) in [5, 5.41) is 12.7.